The lowest BCUT2D eigenvalue weighted by molar-refractivity contribution is -0.123. The maximum Gasteiger partial charge on any atom is 0.258 e. The second-order valence-corrected chi connectivity index (χ2v) is 6.14. The lowest BCUT2D eigenvalue weighted by atomic mass is 10.2. The quantitative estimate of drug-likeness (QED) is 0.850. The summed E-state index contributed by atoms with van der Waals surface area (Å²) in [5.74, 6) is 1.24. The molecule has 0 saturated heterocycles. The summed E-state index contributed by atoms with van der Waals surface area (Å²) in [5.41, 5.74) is 6.08. The van der Waals surface area contributed by atoms with Crippen LogP contribution in [0.15, 0.2) is 29.6 Å². The summed E-state index contributed by atoms with van der Waals surface area (Å²) in [6.07, 6.45) is -0.656. The topological polar surface area (TPSA) is 74.4 Å². The number of ether oxygens (including phenoxy) is 2. The van der Waals surface area contributed by atoms with E-state index in [1.165, 1.54) is 0 Å². The minimum absolute atomic E-state index is 0.432. The van der Waals surface area contributed by atoms with Gasteiger partial charge in [-0.25, -0.2) is 4.98 Å². The molecule has 1 amide bonds. The highest BCUT2D eigenvalue weighted by Gasteiger charge is 2.10. The van der Waals surface area contributed by atoms with E-state index in [9.17, 15) is 4.79 Å². The molecule has 1 heterocycles. The van der Waals surface area contributed by atoms with Gasteiger partial charge in [0.1, 0.15) is 18.1 Å². The first-order valence-electron chi connectivity index (χ1n) is 7.09. The third-order valence-electron chi connectivity index (χ3n) is 2.99. The van der Waals surface area contributed by atoms with E-state index >= 15 is 0 Å². The molecular formula is C16H20N2O3S. The number of thiazole rings is 1. The fourth-order valence-corrected chi connectivity index (χ4v) is 2.51. The molecule has 22 heavy (non-hydrogen) atoms. The number of nitrogens with zero attached hydrogens (tertiary/aromatic N) is 1. The normalized spacial score (nSPS) is 12.2. The van der Waals surface area contributed by atoms with Crippen molar-refractivity contribution in [2.75, 3.05) is 0 Å². The highest BCUT2D eigenvalue weighted by atomic mass is 32.1. The number of carbonyl (C=O) groups is 1. The fraction of sp³-hybridized carbons (Fsp3) is 0.375. The minimum atomic E-state index is -0.656. The van der Waals surface area contributed by atoms with Gasteiger partial charge in [0.25, 0.3) is 5.91 Å². The van der Waals surface area contributed by atoms with Crippen LogP contribution < -0.4 is 15.2 Å². The molecule has 0 spiro atoms. The van der Waals surface area contributed by atoms with Crippen LogP contribution in [0, 0.1) is 0 Å². The molecule has 5 nitrogen and oxygen atoms in total. The van der Waals surface area contributed by atoms with Crippen molar-refractivity contribution in [1.82, 2.24) is 4.98 Å². The molecule has 118 valence electrons. The summed E-state index contributed by atoms with van der Waals surface area (Å²) >= 11 is 1.65. The van der Waals surface area contributed by atoms with Gasteiger partial charge in [-0.05, 0) is 31.2 Å². The van der Waals surface area contributed by atoms with Gasteiger partial charge in [-0.1, -0.05) is 13.8 Å². The van der Waals surface area contributed by atoms with Crippen molar-refractivity contribution < 1.29 is 14.3 Å². The van der Waals surface area contributed by atoms with Gasteiger partial charge in [-0.15, -0.1) is 11.3 Å². The lowest BCUT2D eigenvalue weighted by Crippen LogP contribution is -2.30. The predicted octanol–water partition coefficient (Wildman–Crippen LogP) is 3.10. The molecule has 2 N–H and O–H groups in total. The summed E-state index contributed by atoms with van der Waals surface area (Å²) < 4.78 is 11.1. The van der Waals surface area contributed by atoms with Crippen LogP contribution in [0.1, 0.15) is 37.4 Å². The SMILES string of the molecule is CC(C)c1nc(COc2ccc(O[C@@H](C)C(N)=O)cc2)cs1. The zero-order valence-corrected chi connectivity index (χ0v) is 13.7. The molecular weight excluding hydrogens is 300 g/mol. The second-order valence-electron chi connectivity index (χ2n) is 5.25. The number of rotatable bonds is 7. The Morgan fingerprint density at radius 1 is 1.23 bits per heavy atom. The summed E-state index contributed by atoms with van der Waals surface area (Å²) in [6.45, 7) is 6.28. The number of carbonyl (C=O) groups excluding carboxylic acids is 1. The van der Waals surface area contributed by atoms with E-state index in [4.69, 9.17) is 15.2 Å². The molecule has 1 aromatic heterocycles. The molecule has 2 rings (SSSR count). The number of hydrogen-bond acceptors (Lipinski definition) is 5. The van der Waals surface area contributed by atoms with Crippen LogP contribution in [0.3, 0.4) is 0 Å². The van der Waals surface area contributed by atoms with Crippen LogP contribution >= 0.6 is 11.3 Å². The molecule has 0 saturated carbocycles. The van der Waals surface area contributed by atoms with Crippen molar-refractivity contribution in [2.45, 2.75) is 39.4 Å². The van der Waals surface area contributed by atoms with Gasteiger partial charge >= 0.3 is 0 Å². The minimum Gasteiger partial charge on any atom is -0.487 e. The number of amides is 1. The van der Waals surface area contributed by atoms with Crippen molar-refractivity contribution >= 4 is 17.2 Å². The van der Waals surface area contributed by atoms with E-state index in [1.54, 1.807) is 42.5 Å². The van der Waals surface area contributed by atoms with Crippen LogP contribution in [0.2, 0.25) is 0 Å². The van der Waals surface area contributed by atoms with E-state index in [1.807, 2.05) is 5.38 Å². The zero-order chi connectivity index (χ0) is 16.1. The summed E-state index contributed by atoms with van der Waals surface area (Å²) in [5, 5.41) is 3.13. The number of benzene rings is 1. The Bertz CT molecular complexity index is 623. The van der Waals surface area contributed by atoms with E-state index in [0.29, 0.717) is 18.3 Å². The average Bonchev–Trinajstić information content (AvgIpc) is 2.95. The predicted molar refractivity (Wildman–Crippen MR) is 86.3 cm³/mol. The van der Waals surface area contributed by atoms with Crippen LogP contribution in [-0.4, -0.2) is 17.0 Å². The van der Waals surface area contributed by atoms with Gasteiger partial charge in [-0.3, -0.25) is 4.79 Å². The Morgan fingerprint density at radius 3 is 2.41 bits per heavy atom. The number of aromatic nitrogens is 1. The first-order chi connectivity index (χ1) is 10.5. The maximum atomic E-state index is 10.9. The zero-order valence-electron chi connectivity index (χ0n) is 12.9. The van der Waals surface area contributed by atoms with E-state index < -0.39 is 12.0 Å². The Hall–Kier alpha value is -2.08. The van der Waals surface area contributed by atoms with E-state index in [2.05, 4.69) is 18.8 Å². The molecule has 0 aliphatic carbocycles. The Morgan fingerprint density at radius 2 is 1.86 bits per heavy atom. The number of primary amides is 1. The Balaban J connectivity index is 1.89. The largest absolute Gasteiger partial charge is 0.487 e. The van der Waals surface area contributed by atoms with Crippen LogP contribution in [0.5, 0.6) is 11.5 Å². The molecule has 1 aromatic carbocycles. The van der Waals surface area contributed by atoms with Crippen LogP contribution in [0.25, 0.3) is 0 Å². The molecule has 0 unspecified atom stereocenters. The van der Waals surface area contributed by atoms with Crippen molar-refractivity contribution in [3.8, 4) is 11.5 Å². The van der Waals surface area contributed by atoms with Gasteiger partial charge in [0.05, 0.1) is 10.7 Å². The van der Waals surface area contributed by atoms with Gasteiger partial charge in [0.2, 0.25) is 0 Å². The van der Waals surface area contributed by atoms with Crippen molar-refractivity contribution in [3.63, 3.8) is 0 Å². The lowest BCUT2D eigenvalue weighted by Gasteiger charge is -2.11. The third kappa shape index (κ3) is 4.46. The van der Waals surface area contributed by atoms with Gasteiger partial charge in [0.15, 0.2) is 6.10 Å². The fourth-order valence-electron chi connectivity index (χ4n) is 1.69. The van der Waals surface area contributed by atoms with E-state index in [0.717, 1.165) is 16.5 Å². The second kappa shape index (κ2) is 7.26. The Labute approximate surface area is 134 Å². The molecule has 0 aliphatic rings. The van der Waals surface area contributed by atoms with Crippen molar-refractivity contribution in [1.29, 1.82) is 0 Å². The smallest absolute Gasteiger partial charge is 0.258 e. The number of nitrogens with two attached hydrogens (primary N) is 1. The molecule has 2 aromatic rings. The maximum absolute atomic E-state index is 10.9. The monoisotopic (exact) mass is 320 g/mol. The molecule has 6 heteroatoms. The van der Waals surface area contributed by atoms with Gasteiger partial charge in [-0.2, -0.15) is 0 Å². The standard InChI is InChI=1S/C16H20N2O3S/c1-10(2)16-18-12(9-22-16)8-20-13-4-6-14(7-5-13)21-11(3)15(17)19/h4-7,9-11H,8H2,1-3H3,(H2,17,19)/t11-/m0/s1. The highest BCUT2D eigenvalue weighted by Crippen LogP contribution is 2.22. The molecule has 0 bridgehead atoms. The first kappa shape index (κ1) is 16.3. The molecule has 0 aliphatic heterocycles. The van der Waals surface area contributed by atoms with Crippen molar-refractivity contribution in [2.24, 2.45) is 5.73 Å². The van der Waals surface area contributed by atoms with Crippen LogP contribution in [0.4, 0.5) is 0 Å². The third-order valence-corrected chi connectivity index (χ3v) is 4.18. The Kier molecular flexibility index (Phi) is 5.38. The summed E-state index contributed by atoms with van der Waals surface area (Å²) in [4.78, 5) is 15.5. The molecule has 1 atom stereocenters. The van der Waals surface area contributed by atoms with E-state index in [-0.39, 0.29) is 0 Å². The summed E-state index contributed by atoms with van der Waals surface area (Å²) in [6, 6.07) is 7.07. The first-order valence-corrected chi connectivity index (χ1v) is 7.97. The molecule has 0 fully saturated rings. The molecule has 0 radical (unpaired) electrons. The highest BCUT2D eigenvalue weighted by molar-refractivity contribution is 7.09. The van der Waals surface area contributed by atoms with Gasteiger partial charge in [0, 0.05) is 11.3 Å². The van der Waals surface area contributed by atoms with Crippen LogP contribution in [-0.2, 0) is 11.4 Å². The van der Waals surface area contributed by atoms with Crippen molar-refractivity contribution in [3.05, 3.63) is 40.3 Å². The van der Waals surface area contributed by atoms with Gasteiger partial charge < -0.3 is 15.2 Å². The average molecular weight is 320 g/mol. The number of hydrogen-bond donors (Lipinski definition) is 1. The summed E-state index contributed by atoms with van der Waals surface area (Å²) in [7, 11) is 0.